The fourth-order valence-electron chi connectivity index (χ4n) is 3.27. The van der Waals surface area contributed by atoms with Crippen molar-refractivity contribution in [3.05, 3.63) is 60.2 Å². The van der Waals surface area contributed by atoms with E-state index >= 15 is 0 Å². The number of ether oxygens (including phenoxy) is 1. The molecule has 27 heavy (non-hydrogen) atoms. The number of carbonyl (C=O) groups is 2. The Bertz CT molecular complexity index is 766. The monoisotopic (exact) mass is 366 g/mol. The highest BCUT2D eigenvalue weighted by molar-refractivity contribution is 5.94. The van der Waals surface area contributed by atoms with E-state index in [0.717, 1.165) is 30.1 Å². The zero-order valence-electron chi connectivity index (χ0n) is 15.9. The van der Waals surface area contributed by atoms with E-state index in [-0.39, 0.29) is 11.7 Å². The number of piperazine rings is 1. The highest BCUT2D eigenvalue weighted by atomic mass is 16.5. The summed E-state index contributed by atoms with van der Waals surface area (Å²) in [4.78, 5) is 28.4. The molecule has 1 aliphatic rings. The molecular formula is C22H26N2O3. The van der Waals surface area contributed by atoms with Gasteiger partial charge in [0.2, 0.25) is 0 Å². The number of anilines is 1. The number of hydrogen-bond acceptors (Lipinski definition) is 4. The molecule has 5 heteroatoms. The van der Waals surface area contributed by atoms with Gasteiger partial charge in [-0.25, -0.2) is 0 Å². The Morgan fingerprint density at radius 3 is 2.15 bits per heavy atom. The van der Waals surface area contributed by atoms with Gasteiger partial charge in [-0.05, 0) is 49.7 Å². The van der Waals surface area contributed by atoms with Gasteiger partial charge in [-0.3, -0.25) is 9.59 Å². The molecule has 0 saturated carbocycles. The Morgan fingerprint density at radius 2 is 1.59 bits per heavy atom. The molecule has 0 bridgehead atoms. The van der Waals surface area contributed by atoms with E-state index in [1.165, 1.54) is 0 Å². The first-order valence-corrected chi connectivity index (χ1v) is 9.45. The molecule has 0 radical (unpaired) electrons. The number of hydrogen-bond donors (Lipinski definition) is 0. The van der Waals surface area contributed by atoms with E-state index in [0.29, 0.717) is 19.5 Å². The van der Waals surface area contributed by atoms with Gasteiger partial charge < -0.3 is 14.5 Å². The first-order valence-electron chi connectivity index (χ1n) is 9.45. The molecule has 1 heterocycles. The Balaban J connectivity index is 1.57. The van der Waals surface area contributed by atoms with Crippen LogP contribution in [0.3, 0.4) is 0 Å². The second-order valence-electron chi connectivity index (χ2n) is 6.74. The molecule has 1 fully saturated rings. The van der Waals surface area contributed by atoms with Crippen molar-refractivity contribution in [3.8, 4) is 5.75 Å². The van der Waals surface area contributed by atoms with E-state index in [2.05, 4.69) is 4.90 Å². The lowest BCUT2D eigenvalue weighted by atomic mass is 10.1. The first-order chi connectivity index (χ1) is 13.1. The van der Waals surface area contributed by atoms with Gasteiger partial charge in [-0.15, -0.1) is 0 Å². The molecular weight excluding hydrogens is 340 g/mol. The van der Waals surface area contributed by atoms with E-state index in [1.54, 1.807) is 6.92 Å². The van der Waals surface area contributed by atoms with E-state index in [1.807, 2.05) is 66.4 Å². The number of ketones is 1. The third-order valence-electron chi connectivity index (χ3n) is 4.90. The Morgan fingerprint density at radius 1 is 0.963 bits per heavy atom. The number of benzene rings is 2. The molecule has 2 aromatic rings. The van der Waals surface area contributed by atoms with Gasteiger partial charge in [0.1, 0.15) is 5.75 Å². The summed E-state index contributed by atoms with van der Waals surface area (Å²) < 4.78 is 5.89. The van der Waals surface area contributed by atoms with Crippen molar-refractivity contribution < 1.29 is 14.3 Å². The van der Waals surface area contributed by atoms with Gasteiger partial charge in [-0.1, -0.05) is 25.1 Å². The summed E-state index contributed by atoms with van der Waals surface area (Å²) in [6.45, 7) is 6.42. The molecule has 1 amide bonds. The molecule has 0 aromatic heterocycles. The van der Waals surface area contributed by atoms with Crippen LogP contribution in [-0.2, 0) is 4.79 Å². The fourth-order valence-corrected chi connectivity index (χ4v) is 3.27. The number of amides is 1. The summed E-state index contributed by atoms with van der Waals surface area (Å²) in [6.07, 6.45) is 0.189. The zero-order chi connectivity index (χ0) is 19.2. The van der Waals surface area contributed by atoms with Crippen molar-refractivity contribution in [1.29, 1.82) is 0 Å². The first kappa shape index (κ1) is 19.0. The normalized spacial score (nSPS) is 15.3. The molecule has 1 saturated heterocycles. The highest BCUT2D eigenvalue weighted by Gasteiger charge is 2.28. The quantitative estimate of drug-likeness (QED) is 0.736. The number of para-hydroxylation sites is 1. The standard InChI is InChI=1S/C22H26N2O3/c1-3-21(27-20-7-5-4-6-8-20)22(26)24-15-13-23(14-16-24)19-11-9-18(10-12-19)17(2)25/h4-12,21H,3,13-16H2,1-2H3/t21-/m1/s1. The van der Waals surface area contributed by atoms with Crippen LogP contribution in [0.15, 0.2) is 54.6 Å². The van der Waals surface area contributed by atoms with Crippen LogP contribution < -0.4 is 9.64 Å². The predicted molar refractivity (Wildman–Crippen MR) is 106 cm³/mol. The lowest BCUT2D eigenvalue weighted by molar-refractivity contribution is -0.139. The maximum absolute atomic E-state index is 12.8. The molecule has 142 valence electrons. The Kier molecular flexibility index (Phi) is 6.12. The maximum Gasteiger partial charge on any atom is 0.263 e. The summed E-state index contributed by atoms with van der Waals surface area (Å²) in [5, 5.41) is 0. The second-order valence-corrected chi connectivity index (χ2v) is 6.74. The van der Waals surface area contributed by atoms with Crippen molar-refractivity contribution in [2.75, 3.05) is 31.1 Å². The van der Waals surface area contributed by atoms with Crippen molar-refractivity contribution in [3.63, 3.8) is 0 Å². The van der Waals surface area contributed by atoms with Crippen LogP contribution in [0.2, 0.25) is 0 Å². The summed E-state index contributed by atoms with van der Waals surface area (Å²) in [7, 11) is 0. The smallest absolute Gasteiger partial charge is 0.263 e. The lowest BCUT2D eigenvalue weighted by Crippen LogP contribution is -2.52. The van der Waals surface area contributed by atoms with Gasteiger partial charge in [0.05, 0.1) is 0 Å². The van der Waals surface area contributed by atoms with E-state index in [4.69, 9.17) is 4.74 Å². The molecule has 0 unspecified atom stereocenters. The van der Waals surface area contributed by atoms with Gasteiger partial charge in [0.25, 0.3) is 5.91 Å². The molecule has 2 aromatic carbocycles. The molecule has 0 spiro atoms. The predicted octanol–water partition coefficient (Wildman–Crippen LogP) is 3.40. The van der Waals surface area contributed by atoms with Gasteiger partial charge >= 0.3 is 0 Å². The number of Topliss-reactive ketones (excluding diaryl/α,β-unsaturated/α-hetero) is 1. The second kappa shape index (κ2) is 8.71. The number of rotatable bonds is 6. The average molecular weight is 366 g/mol. The van der Waals surface area contributed by atoms with Crippen LogP contribution >= 0.6 is 0 Å². The van der Waals surface area contributed by atoms with Gasteiger partial charge in [0, 0.05) is 37.4 Å². The van der Waals surface area contributed by atoms with Crippen LogP contribution in [0.25, 0.3) is 0 Å². The minimum atomic E-state index is -0.450. The van der Waals surface area contributed by atoms with Crippen molar-refractivity contribution >= 4 is 17.4 Å². The minimum Gasteiger partial charge on any atom is -0.481 e. The summed E-state index contributed by atoms with van der Waals surface area (Å²) in [6, 6.07) is 17.1. The topological polar surface area (TPSA) is 49.9 Å². The van der Waals surface area contributed by atoms with E-state index in [9.17, 15) is 9.59 Å². The highest BCUT2D eigenvalue weighted by Crippen LogP contribution is 2.19. The third-order valence-corrected chi connectivity index (χ3v) is 4.90. The van der Waals surface area contributed by atoms with Crippen LogP contribution in [0.4, 0.5) is 5.69 Å². The number of carbonyl (C=O) groups excluding carboxylic acids is 2. The van der Waals surface area contributed by atoms with Crippen molar-refractivity contribution in [2.45, 2.75) is 26.4 Å². The molecule has 5 nitrogen and oxygen atoms in total. The number of nitrogens with zero attached hydrogens (tertiary/aromatic N) is 2. The SMILES string of the molecule is CC[C@@H](Oc1ccccc1)C(=O)N1CCN(c2ccc(C(C)=O)cc2)CC1. The van der Waals surface area contributed by atoms with Gasteiger partial charge in [-0.2, -0.15) is 0 Å². The Hall–Kier alpha value is -2.82. The summed E-state index contributed by atoms with van der Waals surface area (Å²) in [5.41, 5.74) is 1.80. The molecule has 1 atom stereocenters. The van der Waals surface area contributed by atoms with Crippen LogP contribution in [-0.4, -0.2) is 48.9 Å². The third kappa shape index (κ3) is 4.67. The fraction of sp³-hybridized carbons (Fsp3) is 0.364. The lowest BCUT2D eigenvalue weighted by Gasteiger charge is -2.37. The molecule has 0 N–H and O–H groups in total. The largest absolute Gasteiger partial charge is 0.481 e. The van der Waals surface area contributed by atoms with Crippen molar-refractivity contribution in [2.24, 2.45) is 0 Å². The molecule has 1 aliphatic heterocycles. The van der Waals surface area contributed by atoms with Crippen LogP contribution in [0, 0.1) is 0 Å². The van der Waals surface area contributed by atoms with Crippen LogP contribution in [0.5, 0.6) is 5.75 Å². The molecule has 3 rings (SSSR count). The van der Waals surface area contributed by atoms with Crippen molar-refractivity contribution in [1.82, 2.24) is 4.90 Å². The van der Waals surface area contributed by atoms with Crippen LogP contribution in [0.1, 0.15) is 30.6 Å². The molecule has 0 aliphatic carbocycles. The summed E-state index contributed by atoms with van der Waals surface area (Å²) >= 11 is 0. The van der Waals surface area contributed by atoms with E-state index < -0.39 is 6.10 Å². The maximum atomic E-state index is 12.8. The van der Waals surface area contributed by atoms with Gasteiger partial charge in [0.15, 0.2) is 11.9 Å². The summed E-state index contributed by atoms with van der Waals surface area (Å²) in [5.74, 6) is 0.843. The average Bonchev–Trinajstić information content (AvgIpc) is 2.72. The Labute approximate surface area is 160 Å². The minimum absolute atomic E-state index is 0.0490. The zero-order valence-corrected chi connectivity index (χ0v) is 15.9.